The summed E-state index contributed by atoms with van der Waals surface area (Å²) in [6.07, 6.45) is 0.549. The first-order valence-electron chi connectivity index (χ1n) is 4.40. The van der Waals surface area contributed by atoms with Crippen LogP contribution in [0.4, 0.5) is 5.69 Å². The largest absolute Gasteiger partial charge is 0.282 e. The fourth-order valence-electron chi connectivity index (χ4n) is 1.06. The number of halogens is 2. The van der Waals surface area contributed by atoms with Crippen molar-refractivity contribution >= 4 is 38.9 Å². The van der Waals surface area contributed by atoms with Crippen LogP contribution in [0.5, 0.6) is 0 Å². The summed E-state index contributed by atoms with van der Waals surface area (Å²) < 4.78 is 25.3. The molecule has 0 aliphatic heterocycles. The van der Waals surface area contributed by atoms with Crippen LogP contribution in [0.1, 0.15) is 13.3 Å². The molecule has 0 unspecified atom stereocenters. The minimum Gasteiger partial charge on any atom is -0.282 e. The predicted molar refractivity (Wildman–Crippen MR) is 64.2 cm³/mol. The minimum absolute atomic E-state index is 0.0653. The molecule has 0 saturated carbocycles. The SMILES string of the molecule is CCCS(=O)(=O)Nc1cc(Cl)ccc1Cl. The van der Waals surface area contributed by atoms with Crippen LogP contribution in [0.25, 0.3) is 0 Å². The molecule has 1 aromatic carbocycles. The summed E-state index contributed by atoms with van der Waals surface area (Å²) in [6, 6.07) is 4.63. The minimum atomic E-state index is -3.32. The van der Waals surface area contributed by atoms with E-state index in [0.717, 1.165) is 0 Å². The zero-order valence-corrected chi connectivity index (χ0v) is 10.5. The molecule has 0 radical (unpaired) electrons. The Kier molecular flexibility index (Phi) is 4.25. The van der Waals surface area contributed by atoms with E-state index in [-0.39, 0.29) is 5.75 Å². The van der Waals surface area contributed by atoms with Gasteiger partial charge >= 0.3 is 0 Å². The number of sulfonamides is 1. The van der Waals surface area contributed by atoms with Gasteiger partial charge in [0.25, 0.3) is 0 Å². The highest BCUT2D eigenvalue weighted by molar-refractivity contribution is 7.92. The van der Waals surface area contributed by atoms with Gasteiger partial charge in [-0.05, 0) is 24.6 Å². The molecule has 0 fully saturated rings. The number of benzene rings is 1. The molecule has 6 heteroatoms. The standard InChI is InChI=1S/C9H11Cl2NO2S/c1-2-5-15(13,14)12-9-6-7(10)3-4-8(9)11/h3-4,6,12H,2,5H2,1H3. The van der Waals surface area contributed by atoms with Crippen LogP contribution in [0.2, 0.25) is 10.0 Å². The van der Waals surface area contributed by atoms with Crippen LogP contribution in [0.3, 0.4) is 0 Å². The normalized spacial score (nSPS) is 11.4. The van der Waals surface area contributed by atoms with Crippen molar-refractivity contribution in [2.75, 3.05) is 10.5 Å². The highest BCUT2D eigenvalue weighted by Crippen LogP contribution is 2.26. The van der Waals surface area contributed by atoms with Crippen LogP contribution in [-0.4, -0.2) is 14.2 Å². The number of anilines is 1. The molecular weight excluding hydrogens is 257 g/mol. The lowest BCUT2D eigenvalue weighted by molar-refractivity contribution is 0.600. The van der Waals surface area contributed by atoms with E-state index in [0.29, 0.717) is 22.2 Å². The predicted octanol–water partition coefficient (Wildman–Crippen LogP) is 3.15. The molecule has 1 aromatic rings. The molecule has 0 spiro atoms. The van der Waals surface area contributed by atoms with Crippen molar-refractivity contribution in [3.8, 4) is 0 Å². The third kappa shape index (κ3) is 3.89. The Morgan fingerprint density at radius 3 is 2.60 bits per heavy atom. The second-order valence-corrected chi connectivity index (χ2v) is 5.73. The molecule has 1 rings (SSSR count). The lowest BCUT2D eigenvalue weighted by Crippen LogP contribution is -2.16. The van der Waals surface area contributed by atoms with E-state index in [1.165, 1.54) is 6.07 Å². The fourth-order valence-corrected chi connectivity index (χ4v) is 2.60. The van der Waals surface area contributed by atoms with Gasteiger partial charge in [-0.3, -0.25) is 4.72 Å². The molecule has 0 saturated heterocycles. The quantitative estimate of drug-likeness (QED) is 0.911. The molecule has 1 N–H and O–H groups in total. The van der Waals surface area contributed by atoms with E-state index in [9.17, 15) is 8.42 Å². The van der Waals surface area contributed by atoms with E-state index in [1.54, 1.807) is 19.1 Å². The summed E-state index contributed by atoms with van der Waals surface area (Å²) in [5.41, 5.74) is 0.317. The first kappa shape index (κ1) is 12.6. The average Bonchev–Trinajstić information content (AvgIpc) is 2.10. The van der Waals surface area contributed by atoms with Gasteiger partial charge in [0.1, 0.15) is 0 Å². The van der Waals surface area contributed by atoms with Gasteiger partial charge in [0.05, 0.1) is 16.5 Å². The molecular formula is C9H11Cl2NO2S. The summed E-state index contributed by atoms with van der Waals surface area (Å²) in [6.45, 7) is 1.79. The molecule has 0 bridgehead atoms. The van der Waals surface area contributed by atoms with E-state index < -0.39 is 10.0 Å². The molecule has 0 atom stereocenters. The molecule has 0 aliphatic carbocycles. The average molecular weight is 268 g/mol. The summed E-state index contributed by atoms with van der Waals surface area (Å²) in [5.74, 6) is 0.0653. The van der Waals surface area contributed by atoms with Gasteiger partial charge in [-0.15, -0.1) is 0 Å². The Morgan fingerprint density at radius 2 is 2.00 bits per heavy atom. The summed E-state index contributed by atoms with van der Waals surface area (Å²) >= 11 is 11.5. The smallest absolute Gasteiger partial charge is 0.232 e. The van der Waals surface area contributed by atoms with Crippen LogP contribution in [-0.2, 0) is 10.0 Å². The number of hydrogen-bond acceptors (Lipinski definition) is 2. The van der Waals surface area contributed by atoms with Crippen molar-refractivity contribution in [2.45, 2.75) is 13.3 Å². The van der Waals surface area contributed by atoms with Gasteiger partial charge in [0, 0.05) is 5.02 Å². The van der Waals surface area contributed by atoms with Crippen LogP contribution >= 0.6 is 23.2 Å². The van der Waals surface area contributed by atoms with Gasteiger partial charge in [-0.25, -0.2) is 8.42 Å². The number of hydrogen-bond donors (Lipinski definition) is 1. The van der Waals surface area contributed by atoms with Crippen LogP contribution in [0.15, 0.2) is 18.2 Å². The van der Waals surface area contributed by atoms with Crippen molar-refractivity contribution < 1.29 is 8.42 Å². The second-order valence-electron chi connectivity index (χ2n) is 3.05. The van der Waals surface area contributed by atoms with Gasteiger partial charge in [0.2, 0.25) is 10.0 Å². The van der Waals surface area contributed by atoms with Crippen molar-refractivity contribution in [3.63, 3.8) is 0 Å². The van der Waals surface area contributed by atoms with Gasteiger partial charge in [-0.1, -0.05) is 30.1 Å². The first-order chi connectivity index (χ1) is 6.94. The zero-order valence-electron chi connectivity index (χ0n) is 8.13. The third-order valence-electron chi connectivity index (χ3n) is 1.67. The Morgan fingerprint density at radius 1 is 1.33 bits per heavy atom. The molecule has 0 aliphatic rings. The Balaban J connectivity index is 2.94. The monoisotopic (exact) mass is 267 g/mol. The summed E-state index contributed by atoms with van der Waals surface area (Å²) in [5, 5.41) is 0.771. The van der Waals surface area contributed by atoms with Gasteiger partial charge < -0.3 is 0 Å². The Hall–Kier alpha value is -0.450. The van der Waals surface area contributed by atoms with Crippen molar-refractivity contribution in [3.05, 3.63) is 28.2 Å². The van der Waals surface area contributed by atoms with E-state index >= 15 is 0 Å². The van der Waals surface area contributed by atoms with Crippen LogP contribution in [0, 0.1) is 0 Å². The Labute approximate surface area is 99.4 Å². The molecule has 0 aromatic heterocycles. The maximum absolute atomic E-state index is 11.5. The molecule has 0 amide bonds. The highest BCUT2D eigenvalue weighted by atomic mass is 35.5. The zero-order chi connectivity index (χ0) is 11.5. The van der Waals surface area contributed by atoms with Gasteiger partial charge in [-0.2, -0.15) is 0 Å². The third-order valence-corrected chi connectivity index (χ3v) is 3.71. The van der Waals surface area contributed by atoms with E-state index in [2.05, 4.69) is 4.72 Å². The molecule has 84 valence electrons. The molecule has 3 nitrogen and oxygen atoms in total. The van der Waals surface area contributed by atoms with E-state index in [1.807, 2.05) is 0 Å². The topological polar surface area (TPSA) is 46.2 Å². The maximum Gasteiger partial charge on any atom is 0.232 e. The number of rotatable bonds is 4. The Bertz CT molecular complexity index is 445. The molecule has 15 heavy (non-hydrogen) atoms. The van der Waals surface area contributed by atoms with Gasteiger partial charge in [0.15, 0.2) is 0 Å². The van der Waals surface area contributed by atoms with Crippen LogP contribution < -0.4 is 4.72 Å². The van der Waals surface area contributed by atoms with E-state index in [4.69, 9.17) is 23.2 Å². The van der Waals surface area contributed by atoms with Crippen molar-refractivity contribution in [1.82, 2.24) is 0 Å². The second kappa shape index (κ2) is 5.05. The number of nitrogens with one attached hydrogen (secondary N) is 1. The first-order valence-corrected chi connectivity index (χ1v) is 6.81. The maximum atomic E-state index is 11.5. The van der Waals surface area contributed by atoms with Crippen molar-refractivity contribution in [2.24, 2.45) is 0 Å². The summed E-state index contributed by atoms with van der Waals surface area (Å²) in [7, 11) is -3.32. The molecule has 0 heterocycles. The lowest BCUT2D eigenvalue weighted by Gasteiger charge is -2.08. The van der Waals surface area contributed by atoms with Crippen molar-refractivity contribution in [1.29, 1.82) is 0 Å². The highest BCUT2D eigenvalue weighted by Gasteiger charge is 2.11. The fraction of sp³-hybridized carbons (Fsp3) is 0.333. The lowest BCUT2D eigenvalue weighted by atomic mass is 10.3. The summed E-state index contributed by atoms with van der Waals surface area (Å²) in [4.78, 5) is 0.